The molecule has 7 nitrogen and oxygen atoms in total. The van der Waals surface area contributed by atoms with E-state index in [1.807, 2.05) is 31.2 Å². The average molecular weight is 389 g/mol. The number of carbonyl (C=O) groups excluding carboxylic acids is 1. The summed E-state index contributed by atoms with van der Waals surface area (Å²) in [7, 11) is 0. The lowest BCUT2D eigenvalue weighted by Crippen LogP contribution is -2.17. The maximum Gasteiger partial charge on any atom is 0.271 e. The highest BCUT2D eigenvalue weighted by Crippen LogP contribution is 2.16. The van der Waals surface area contributed by atoms with Crippen LogP contribution >= 0.6 is 0 Å². The molecule has 29 heavy (non-hydrogen) atoms. The zero-order chi connectivity index (χ0) is 20.6. The molecule has 0 unspecified atom stereocenters. The van der Waals surface area contributed by atoms with Gasteiger partial charge in [-0.2, -0.15) is 5.10 Å². The van der Waals surface area contributed by atoms with Crippen LogP contribution in [0, 0.1) is 17.0 Å². The molecule has 0 aliphatic rings. The van der Waals surface area contributed by atoms with Crippen molar-refractivity contribution < 1.29 is 14.5 Å². The normalized spacial score (nSPS) is 10.7. The largest absolute Gasteiger partial charge is 0.489 e. The van der Waals surface area contributed by atoms with Crippen molar-refractivity contribution in [1.82, 2.24) is 5.43 Å². The molecule has 0 saturated carbocycles. The Morgan fingerprint density at radius 2 is 1.83 bits per heavy atom. The third-order valence-corrected chi connectivity index (χ3v) is 4.09. The Bertz CT molecular complexity index is 1030. The molecule has 3 aromatic carbocycles. The number of nitro benzene ring substituents is 1. The van der Waals surface area contributed by atoms with Gasteiger partial charge in [-0.3, -0.25) is 14.9 Å². The molecule has 0 radical (unpaired) electrons. The SMILES string of the molecule is Cc1cccc(C(=O)N/N=C/c2ccc(OCc3ccc([N+](=O)[O-])cc3)cc2)c1. The van der Waals surface area contributed by atoms with E-state index in [0.717, 1.165) is 16.7 Å². The van der Waals surface area contributed by atoms with Crippen LogP contribution in [0.5, 0.6) is 5.75 Å². The van der Waals surface area contributed by atoms with Crippen molar-refractivity contribution in [3.05, 3.63) is 105 Å². The van der Waals surface area contributed by atoms with E-state index < -0.39 is 4.92 Å². The Hall–Kier alpha value is -4.00. The summed E-state index contributed by atoms with van der Waals surface area (Å²) in [4.78, 5) is 22.3. The number of hydrazone groups is 1. The van der Waals surface area contributed by atoms with Crippen molar-refractivity contribution in [3.8, 4) is 5.75 Å². The summed E-state index contributed by atoms with van der Waals surface area (Å²) >= 11 is 0. The molecule has 1 N–H and O–H groups in total. The molecule has 1 amide bonds. The molecule has 0 atom stereocenters. The molecule has 0 bridgehead atoms. The number of hydrogen-bond donors (Lipinski definition) is 1. The van der Waals surface area contributed by atoms with Gasteiger partial charge in [0.2, 0.25) is 0 Å². The first kappa shape index (κ1) is 19.8. The molecular formula is C22H19N3O4. The minimum Gasteiger partial charge on any atom is -0.489 e. The lowest BCUT2D eigenvalue weighted by atomic mass is 10.1. The fraction of sp³-hybridized carbons (Fsp3) is 0.0909. The van der Waals surface area contributed by atoms with E-state index in [9.17, 15) is 14.9 Å². The number of aryl methyl sites for hydroxylation is 1. The molecule has 0 aliphatic carbocycles. The number of benzene rings is 3. The van der Waals surface area contributed by atoms with Gasteiger partial charge in [0, 0.05) is 17.7 Å². The van der Waals surface area contributed by atoms with Crippen LogP contribution in [0.3, 0.4) is 0 Å². The lowest BCUT2D eigenvalue weighted by molar-refractivity contribution is -0.384. The topological polar surface area (TPSA) is 93.8 Å². The Kier molecular flexibility index (Phi) is 6.32. The molecule has 0 fully saturated rings. The number of nitrogens with one attached hydrogen (secondary N) is 1. The number of nitro groups is 1. The first-order chi connectivity index (χ1) is 14.0. The van der Waals surface area contributed by atoms with Crippen molar-refractivity contribution in [3.63, 3.8) is 0 Å². The van der Waals surface area contributed by atoms with Crippen molar-refractivity contribution in [2.45, 2.75) is 13.5 Å². The van der Waals surface area contributed by atoms with Crippen molar-refractivity contribution >= 4 is 17.8 Å². The van der Waals surface area contributed by atoms with E-state index in [4.69, 9.17) is 4.74 Å². The number of rotatable bonds is 7. The molecule has 0 spiro atoms. The van der Waals surface area contributed by atoms with Gasteiger partial charge in [0.25, 0.3) is 11.6 Å². The Morgan fingerprint density at radius 1 is 1.10 bits per heavy atom. The van der Waals surface area contributed by atoms with Crippen LogP contribution in [-0.2, 0) is 6.61 Å². The molecule has 7 heteroatoms. The van der Waals surface area contributed by atoms with Gasteiger partial charge in [0.15, 0.2) is 0 Å². The number of carbonyl (C=O) groups is 1. The van der Waals surface area contributed by atoms with Crippen LogP contribution in [0.1, 0.15) is 27.0 Å². The van der Waals surface area contributed by atoms with Crippen LogP contribution in [0.25, 0.3) is 0 Å². The minimum atomic E-state index is -0.436. The monoisotopic (exact) mass is 389 g/mol. The fourth-order valence-electron chi connectivity index (χ4n) is 2.55. The Balaban J connectivity index is 1.51. The van der Waals surface area contributed by atoms with E-state index in [-0.39, 0.29) is 11.6 Å². The number of non-ortho nitro benzene ring substituents is 1. The average Bonchev–Trinajstić information content (AvgIpc) is 2.73. The van der Waals surface area contributed by atoms with E-state index >= 15 is 0 Å². The van der Waals surface area contributed by atoms with Gasteiger partial charge in [-0.1, -0.05) is 17.7 Å². The summed E-state index contributed by atoms with van der Waals surface area (Å²) < 4.78 is 5.68. The van der Waals surface area contributed by atoms with Gasteiger partial charge >= 0.3 is 0 Å². The predicted molar refractivity (Wildman–Crippen MR) is 110 cm³/mol. The van der Waals surface area contributed by atoms with E-state index in [1.165, 1.54) is 12.1 Å². The number of hydrogen-bond acceptors (Lipinski definition) is 5. The molecule has 0 aliphatic heterocycles. The lowest BCUT2D eigenvalue weighted by Gasteiger charge is -2.06. The van der Waals surface area contributed by atoms with Gasteiger partial charge in [-0.25, -0.2) is 5.43 Å². The molecule has 146 valence electrons. The second kappa shape index (κ2) is 9.27. The van der Waals surface area contributed by atoms with Crippen LogP contribution < -0.4 is 10.2 Å². The van der Waals surface area contributed by atoms with Gasteiger partial charge in [-0.15, -0.1) is 0 Å². The van der Waals surface area contributed by atoms with Crippen LogP contribution in [0.15, 0.2) is 77.9 Å². The summed E-state index contributed by atoms with van der Waals surface area (Å²) in [6, 6.07) is 20.7. The maximum atomic E-state index is 12.0. The third-order valence-electron chi connectivity index (χ3n) is 4.09. The van der Waals surface area contributed by atoms with E-state index in [1.54, 1.807) is 42.6 Å². The Morgan fingerprint density at radius 3 is 2.48 bits per heavy atom. The smallest absolute Gasteiger partial charge is 0.271 e. The van der Waals surface area contributed by atoms with Gasteiger partial charge < -0.3 is 4.74 Å². The van der Waals surface area contributed by atoms with E-state index in [0.29, 0.717) is 17.9 Å². The molecule has 3 aromatic rings. The maximum absolute atomic E-state index is 12.0. The second-order valence-corrected chi connectivity index (χ2v) is 6.35. The molecular weight excluding hydrogens is 370 g/mol. The van der Waals surface area contributed by atoms with Crippen molar-refractivity contribution in [2.75, 3.05) is 0 Å². The Labute approximate surface area is 167 Å². The number of nitrogens with zero attached hydrogens (tertiary/aromatic N) is 2. The minimum absolute atomic E-state index is 0.0480. The number of ether oxygens (including phenoxy) is 1. The van der Waals surface area contributed by atoms with Crippen LogP contribution in [-0.4, -0.2) is 17.0 Å². The first-order valence-corrected chi connectivity index (χ1v) is 8.87. The van der Waals surface area contributed by atoms with Gasteiger partial charge in [-0.05, 0) is 66.6 Å². The third kappa shape index (κ3) is 5.74. The quantitative estimate of drug-likeness (QED) is 0.371. The van der Waals surface area contributed by atoms with Crippen LogP contribution in [0.4, 0.5) is 5.69 Å². The fourth-order valence-corrected chi connectivity index (χ4v) is 2.55. The number of amides is 1. The van der Waals surface area contributed by atoms with Crippen molar-refractivity contribution in [1.29, 1.82) is 0 Å². The second-order valence-electron chi connectivity index (χ2n) is 6.35. The highest BCUT2D eigenvalue weighted by atomic mass is 16.6. The summed E-state index contributed by atoms with van der Waals surface area (Å²) in [5.74, 6) is 0.386. The van der Waals surface area contributed by atoms with E-state index in [2.05, 4.69) is 10.5 Å². The van der Waals surface area contributed by atoms with Gasteiger partial charge in [0.1, 0.15) is 12.4 Å². The summed E-state index contributed by atoms with van der Waals surface area (Å²) in [5, 5.41) is 14.6. The highest BCUT2D eigenvalue weighted by molar-refractivity contribution is 5.95. The zero-order valence-electron chi connectivity index (χ0n) is 15.7. The molecule has 3 rings (SSSR count). The standard InChI is InChI=1S/C22H19N3O4/c1-16-3-2-4-19(13-16)22(26)24-23-14-17-7-11-21(12-8-17)29-15-18-5-9-20(10-6-18)25(27)28/h2-14H,15H2,1H3,(H,24,26)/b23-14+. The van der Waals surface area contributed by atoms with Gasteiger partial charge in [0.05, 0.1) is 11.1 Å². The van der Waals surface area contributed by atoms with Crippen LogP contribution in [0.2, 0.25) is 0 Å². The first-order valence-electron chi connectivity index (χ1n) is 8.87. The molecule has 0 aromatic heterocycles. The summed E-state index contributed by atoms with van der Waals surface area (Å²) in [6.07, 6.45) is 1.55. The predicted octanol–water partition coefficient (Wildman–Crippen LogP) is 4.25. The molecule has 0 heterocycles. The highest BCUT2D eigenvalue weighted by Gasteiger charge is 2.05. The zero-order valence-corrected chi connectivity index (χ0v) is 15.7. The molecule has 0 saturated heterocycles. The summed E-state index contributed by atoms with van der Waals surface area (Å²) in [6.45, 7) is 2.23. The van der Waals surface area contributed by atoms with Crippen molar-refractivity contribution in [2.24, 2.45) is 5.10 Å². The summed E-state index contributed by atoms with van der Waals surface area (Å²) in [5.41, 5.74) is 5.74.